The smallest absolute Gasteiger partial charge is 0.251 e. The molecule has 1 amide bonds. The van der Waals surface area contributed by atoms with Crippen molar-refractivity contribution < 1.29 is 9.90 Å². The van der Waals surface area contributed by atoms with E-state index in [4.69, 9.17) is 10.4 Å². The molecule has 0 aromatic heterocycles. The maximum Gasteiger partial charge on any atom is 0.251 e. The van der Waals surface area contributed by atoms with Gasteiger partial charge < -0.3 is 10.4 Å². The Kier molecular flexibility index (Phi) is 4.49. The highest BCUT2D eigenvalue weighted by Gasteiger charge is 2.08. The van der Waals surface area contributed by atoms with Crippen molar-refractivity contribution in [2.45, 2.75) is 19.4 Å². The number of hydrogen-bond acceptors (Lipinski definition) is 3. The highest BCUT2D eigenvalue weighted by atomic mass is 16.3. The molecule has 0 aliphatic carbocycles. The van der Waals surface area contributed by atoms with Gasteiger partial charge in [-0.15, -0.1) is 0 Å². The number of nitriles is 1. The van der Waals surface area contributed by atoms with Crippen molar-refractivity contribution >= 4 is 5.91 Å². The molecule has 0 radical (unpaired) electrons. The fraction of sp³-hybridized carbons (Fsp3) is 0.333. The Hall–Kier alpha value is -1.86. The van der Waals surface area contributed by atoms with Gasteiger partial charge in [0.15, 0.2) is 0 Å². The van der Waals surface area contributed by atoms with Crippen LogP contribution in [0, 0.1) is 11.3 Å². The molecule has 1 aromatic rings. The van der Waals surface area contributed by atoms with Crippen LogP contribution in [0.4, 0.5) is 0 Å². The molecule has 0 spiro atoms. The third-order valence-corrected chi connectivity index (χ3v) is 2.22. The minimum absolute atomic E-state index is 0.0504. The number of nitrogens with zero attached hydrogens (tertiary/aromatic N) is 1. The Morgan fingerprint density at radius 2 is 2.12 bits per heavy atom. The number of aliphatic hydroxyl groups excluding tert-OH is 1. The van der Waals surface area contributed by atoms with Gasteiger partial charge in [0.2, 0.25) is 0 Å². The van der Waals surface area contributed by atoms with Crippen molar-refractivity contribution in [2.75, 3.05) is 6.61 Å². The second-order valence-electron chi connectivity index (χ2n) is 3.58. The lowest BCUT2D eigenvalue weighted by molar-refractivity contribution is 0.0934. The number of carbonyl (C=O) groups excluding carboxylic acids is 1. The number of carbonyl (C=O) groups is 1. The van der Waals surface area contributed by atoms with Crippen LogP contribution in [0.5, 0.6) is 0 Å². The molecule has 1 unspecified atom stereocenters. The van der Waals surface area contributed by atoms with Crippen molar-refractivity contribution in [2.24, 2.45) is 0 Å². The average Bonchev–Trinajstić information content (AvgIpc) is 2.29. The van der Waals surface area contributed by atoms with E-state index >= 15 is 0 Å². The Morgan fingerprint density at radius 3 is 2.62 bits per heavy atom. The lowest BCUT2D eigenvalue weighted by atomic mass is 10.1. The number of benzene rings is 1. The van der Waals surface area contributed by atoms with Gasteiger partial charge in [0.1, 0.15) is 0 Å². The number of aliphatic hydroxyl groups is 1. The molecule has 0 aliphatic rings. The summed E-state index contributed by atoms with van der Waals surface area (Å²) in [6, 6.07) is 8.35. The molecule has 0 aliphatic heterocycles. The monoisotopic (exact) mass is 218 g/mol. The number of nitrogens with one attached hydrogen (secondary N) is 1. The summed E-state index contributed by atoms with van der Waals surface area (Å²) < 4.78 is 0. The van der Waals surface area contributed by atoms with Crippen LogP contribution >= 0.6 is 0 Å². The molecule has 0 heterocycles. The van der Waals surface area contributed by atoms with Gasteiger partial charge in [-0.3, -0.25) is 4.79 Å². The van der Waals surface area contributed by atoms with Crippen molar-refractivity contribution in [3.63, 3.8) is 0 Å². The highest BCUT2D eigenvalue weighted by molar-refractivity contribution is 5.94. The zero-order valence-corrected chi connectivity index (χ0v) is 9.10. The van der Waals surface area contributed by atoms with E-state index < -0.39 is 0 Å². The first-order valence-electron chi connectivity index (χ1n) is 5.09. The van der Waals surface area contributed by atoms with Gasteiger partial charge in [-0.1, -0.05) is 0 Å². The molecule has 2 N–H and O–H groups in total. The Labute approximate surface area is 94.5 Å². The molecule has 0 bridgehead atoms. The van der Waals surface area contributed by atoms with E-state index in [1.165, 1.54) is 0 Å². The molecule has 84 valence electrons. The summed E-state index contributed by atoms with van der Waals surface area (Å²) in [5.41, 5.74) is 1.05. The first kappa shape index (κ1) is 12.2. The summed E-state index contributed by atoms with van der Waals surface area (Å²) in [5, 5.41) is 20.1. The van der Waals surface area contributed by atoms with Crippen LogP contribution in [0.3, 0.4) is 0 Å². The standard InChI is InChI=1S/C12H14N2O2/c1-9(6-7-15)14-12(16)11-4-2-10(8-13)3-5-11/h2-5,9,15H,6-7H2,1H3,(H,14,16). The van der Waals surface area contributed by atoms with Gasteiger partial charge >= 0.3 is 0 Å². The maximum atomic E-state index is 11.7. The van der Waals surface area contributed by atoms with Crippen LogP contribution in [0.2, 0.25) is 0 Å². The first-order valence-corrected chi connectivity index (χ1v) is 5.09. The van der Waals surface area contributed by atoms with E-state index in [9.17, 15) is 4.79 Å². The van der Waals surface area contributed by atoms with Gasteiger partial charge in [-0.05, 0) is 37.6 Å². The first-order chi connectivity index (χ1) is 7.67. The van der Waals surface area contributed by atoms with Crippen molar-refractivity contribution in [1.29, 1.82) is 5.26 Å². The molecule has 4 nitrogen and oxygen atoms in total. The minimum Gasteiger partial charge on any atom is -0.396 e. The molecule has 1 atom stereocenters. The molecular weight excluding hydrogens is 204 g/mol. The van der Waals surface area contributed by atoms with Gasteiger partial charge in [0.05, 0.1) is 11.6 Å². The normalized spacial score (nSPS) is 11.6. The van der Waals surface area contributed by atoms with Crippen molar-refractivity contribution in [3.8, 4) is 6.07 Å². The predicted molar refractivity (Wildman–Crippen MR) is 59.8 cm³/mol. The largest absolute Gasteiger partial charge is 0.396 e. The zero-order valence-electron chi connectivity index (χ0n) is 9.10. The van der Waals surface area contributed by atoms with Crippen LogP contribution in [0.15, 0.2) is 24.3 Å². The Morgan fingerprint density at radius 1 is 1.50 bits per heavy atom. The van der Waals surface area contributed by atoms with Crippen LogP contribution in [-0.4, -0.2) is 23.7 Å². The van der Waals surface area contributed by atoms with E-state index in [0.29, 0.717) is 17.5 Å². The minimum atomic E-state index is -0.189. The molecule has 4 heteroatoms. The predicted octanol–water partition coefficient (Wildman–Crippen LogP) is 1.06. The lowest BCUT2D eigenvalue weighted by Gasteiger charge is -2.12. The summed E-state index contributed by atoms with van der Waals surface area (Å²) in [6.07, 6.45) is 0.530. The fourth-order valence-electron chi connectivity index (χ4n) is 1.27. The summed E-state index contributed by atoms with van der Waals surface area (Å²) in [6.45, 7) is 1.88. The summed E-state index contributed by atoms with van der Waals surface area (Å²) in [4.78, 5) is 11.7. The van der Waals surface area contributed by atoms with Gasteiger partial charge in [-0.25, -0.2) is 0 Å². The third kappa shape index (κ3) is 3.37. The molecular formula is C12H14N2O2. The number of hydrogen-bond donors (Lipinski definition) is 2. The average molecular weight is 218 g/mol. The van der Waals surface area contributed by atoms with Crippen LogP contribution in [-0.2, 0) is 0 Å². The van der Waals surface area contributed by atoms with Gasteiger partial charge in [0, 0.05) is 18.2 Å². The summed E-state index contributed by atoms with van der Waals surface area (Å²) in [7, 11) is 0. The maximum absolute atomic E-state index is 11.7. The Bertz CT molecular complexity index is 392. The second kappa shape index (κ2) is 5.89. The van der Waals surface area contributed by atoms with E-state index in [0.717, 1.165) is 0 Å². The van der Waals surface area contributed by atoms with Crippen LogP contribution in [0.25, 0.3) is 0 Å². The van der Waals surface area contributed by atoms with E-state index in [1.807, 2.05) is 13.0 Å². The molecule has 0 saturated heterocycles. The molecule has 16 heavy (non-hydrogen) atoms. The SMILES string of the molecule is CC(CCO)NC(=O)c1ccc(C#N)cc1. The topological polar surface area (TPSA) is 73.1 Å². The fourth-order valence-corrected chi connectivity index (χ4v) is 1.27. The van der Waals surface area contributed by atoms with Gasteiger partial charge in [0.25, 0.3) is 5.91 Å². The zero-order chi connectivity index (χ0) is 12.0. The quantitative estimate of drug-likeness (QED) is 0.793. The lowest BCUT2D eigenvalue weighted by Crippen LogP contribution is -2.33. The highest BCUT2D eigenvalue weighted by Crippen LogP contribution is 2.04. The Balaban J connectivity index is 2.63. The van der Waals surface area contributed by atoms with Crippen LogP contribution < -0.4 is 5.32 Å². The van der Waals surface area contributed by atoms with E-state index in [1.54, 1.807) is 24.3 Å². The summed E-state index contributed by atoms with van der Waals surface area (Å²) in [5.74, 6) is -0.189. The molecule has 1 rings (SSSR count). The van der Waals surface area contributed by atoms with E-state index in [2.05, 4.69) is 5.32 Å². The van der Waals surface area contributed by atoms with Crippen LogP contribution in [0.1, 0.15) is 29.3 Å². The summed E-state index contributed by atoms with van der Waals surface area (Å²) >= 11 is 0. The van der Waals surface area contributed by atoms with E-state index in [-0.39, 0.29) is 18.6 Å². The van der Waals surface area contributed by atoms with Crippen molar-refractivity contribution in [3.05, 3.63) is 35.4 Å². The van der Waals surface area contributed by atoms with Crippen molar-refractivity contribution in [1.82, 2.24) is 5.32 Å². The van der Waals surface area contributed by atoms with Gasteiger partial charge in [-0.2, -0.15) is 5.26 Å². The molecule has 1 aromatic carbocycles. The number of amides is 1. The number of rotatable bonds is 4. The second-order valence-corrected chi connectivity index (χ2v) is 3.58. The third-order valence-electron chi connectivity index (χ3n) is 2.22. The molecule has 0 fully saturated rings. The molecule has 0 saturated carbocycles.